The molecule has 2 atom stereocenters. The van der Waals surface area contributed by atoms with Gasteiger partial charge in [-0.1, -0.05) is 0 Å². The minimum Gasteiger partial charge on any atom is -0.379 e. The fourth-order valence-corrected chi connectivity index (χ4v) is 8.37. The van der Waals surface area contributed by atoms with Crippen LogP contribution >= 0.6 is 0 Å². The summed E-state index contributed by atoms with van der Waals surface area (Å²) in [6.45, 7) is 5.54. The number of hydrogen-bond donors (Lipinski definition) is 2. The number of carbonyl (C=O) groups excluding carboxylic acids is 1. The molecule has 2 aliphatic heterocycles. The summed E-state index contributed by atoms with van der Waals surface area (Å²) < 4.78 is 55.9. The monoisotopic (exact) mass is 445 g/mol. The third-order valence-corrected chi connectivity index (χ3v) is 9.31. The van der Waals surface area contributed by atoms with Crippen molar-refractivity contribution in [1.82, 2.24) is 10.2 Å². The first-order valence-corrected chi connectivity index (χ1v) is 12.9. The molecule has 3 rings (SSSR count). The van der Waals surface area contributed by atoms with Gasteiger partial charge in [0, 0.05) is 44.8 Å². The maximum atomic E-state index is 13.1. The maximum absolute atomic E-state index is 13.1. The van der Waals surface area contributed by atoms with Gasteiger partial charge in [-0.15, -0.1) is 0 Å². The van der Waals surface area contributed by atoms with E-state index < -0.39 is 36.7 Å². The molecule has 2 heterocycles. The van der Waals surface area contributed by atoms with Crippen LogP contribution in [0.5, 0.6) is 0 Å². The molecule has 1 aromatic rings. The number of anilines is 1. The van der Waals surface area contributed by atoms with Crippen LogP contribution in [0.3, 0.4) is 0 Å². The molecular weight excluding hydrogens is 418 g/mol. The summed E-state index contributed by atoms with van der Waals surface area (Å²) in [6, 6.07) is 5.14. The van der Waals surface area contributed by atoms with Crippen molar-refractivity contribution in [3.63, 3.8) is 0 Å². The molecule has 29 heavy (non-hydrogen) atoms. The lowest BCUT2D eigenvalue weighted by Crippen LogP contribution is -2.47. The van der Waals surface area contributed by atoms with Crippen molar-refractivity contribution >= 4 is 31.3 Å². The minimum atomic E-state index is -3.85. The van der Waals surface area contributed by atoms with Crippen LogP contribution in [0, 0.1) is 0 Å². The number of sulfone groups is 2. The first-order valence-electron chi connectivity index (χ1n) is 9.53. The van der Waals surface area contributed by atoms with Gasteiger partial charge in [-0.25, -0.2) is 16.8 Å². The number of morpholine rings is 1. The second-order valence-corrected chi connectivity index (χ2v) is 11.7. The number of nitrogens with zero attached hydrogens (tertiary/aromatic N) is 1. The summed E-state index contributed by atoms with van der Waals surface area (Å²) in [6.07, 6.45) is 0. The number of ether oxygens (including phenoxy) is 1. The zero-order chi connectivity index (χ0) is 21.1. The third kappa shape index (κ3) is 5.76. The zero-order valence-electron chi connectivity index (χ0n) is 16.3. The lowest BCUT2D eigenvalue weighted by atomic mass is 10.2. The average Bonchev–Trinajstić information content (AvgIpc) is 2.98. The van der Waals surface area contributed by atoms with Gasteiger partial charge in [0.2, 0.25) is 5.91 Å². The lowest BCUT2D eigenvalue weighted by Gasteiger charge is -2.27. The molecular formula is C18H27N3O6S2. The van der Waals surface area contributed by atoms with Crippen molar-refractivity contribution in [2.45, 2.75) is 23.1 Å². The quantitative estimate of drug-likeness (QED) is 0.576. The van der Waals surface area contributed by atoms with Gasteiger partial charge in [0.15, 0.2) is 19.7 Å². The van der Waals surface area contributed by atoms with Crippen LogP contribution in [0.4, 0.5) is 5.69 Å². The van der Waals surface area contributed by atoms with Gasteiger partial charge in [-0.05, 0) is 24.3 Å². The Morgan fingerprint density at radius 3 is 2.45 bits per heavy atom. The van der Waals surface area contributed by atoms with Gasteiger partial charge in [-0.2, -0.15) is 0 Å². The smallest absolute Gasteiger partial charge is 0.221 e. The van der Waals surface area contributed by atoms with E-state index in [0.717, 1.165) is 13.1 Å². The van der Waals surface area contributed by atoms with E-state index >= 15 is 0 Å². The Morgan fingerprint density at radius 2 is 1.83 bits per heavy atom. The molecule has 0 saturated carbocycles. The fraction of sp³-hybridized carbons (Fsp3) is 0.611. The summed E-state index contributed by atoms with van der Waals surface area (Å²) in [7, 11) is -7.29. The topological polar surface area (TPSA) is 122 Å². The SMILES string of the molecule is CC(=O)Nc1ccc(S(=O)(=O)[C@H]2CS(=O)(=O)C[C@@H]2NCCN2CCOCC2)cc1. The van der Waals surface area contributed by atoms with Gasteiger partial charge < -0.3 is 15.4 Å². The second kappa shape index (κ2) is 9.09. The highest BCUT2D eigenvalue weighted by molar-refractivity contribution is 7.96. The molecule has 0 aliphatic carbocycles. The van der Waals surface area contributed by atoms with E-state index in [0.29, 0.717) is 32.0 Å². The second-order valence-electron chi connectivity index (χ2n) is 7.38. The largest absolute Gasteiger partial charge is 0.379 e. The molecule has 0 unspecified atom stereocenters. The highest BCUT2D eigenvalue weighted by Crippen LogP contribution is 2.27. The van der Waals surface area contributed by atoms with Crippen molar-refractivity contribution < 1.29 is 26.4 Å². The average molecular weight is 446 g/mol. The third-order valence-electron chi connectivity index (χ3n) is 5.14. The predicted octanol–water partition coefficient (Wildman–Crippen LogP) is -0.494. The number of rotatable bonds is 7. The van der Waals surface area contributed by atoms with Crippen LogP contribution in [0.2, 0.25) is 0 Å². The molecule has 11 heteroatoms. The molecule has 0 aromatic heterocycles. The first-order chi connectivity index (χ1) is 13.7. The Labute approximate surface area is 171 Å². The highest BCUT2D eigenvalue weighted by Gasteiger charge is 2.45. The molecule has 162 valence electrons. The number of amides is 1. The molecule has 0 bridgehead atoms. The van der Waals surface area contributed by atoms with Gasteiger partial charge in [0.1, 0.15) is 0 Å². The Morgan fingerprint density at radius 1 is 1.17 bits per heavy atom. The van der Waals surface area contributed by atoms with E-state index in [1.807, 2.05) is 0 Å². The summed E-state index contributed by atoms with van der Waals surface area (Å²) in [5, 5.41) is 4.69. The zero-order valence-corrected chi connectivity index (χ0v) is 18.0. The van der Waals surface area contributed by atoms with Crippen LogP contribution in [-0.4, -0.2) is 89.8 Å². The van der Waals surface area contributed by atoms with Crippen molar-refractivity contribution in [2.75, 3.05) is 56.2 Å². The van der Waals surface area contributed by atoms with Crippen LogP contribution in [-0.2, 0) is 29.2 Å². The molecule has 0 spiro atoms. The van der Waals surface area contributed by atoms with Crippen molar-refractivity contribution in [1.29, 1.82) is 0 Å². The van der Waals surface area contributed by atoms with Crippen LogP contribution in [0.25, 0.3) is 0 Å². The molecule has 2 aliphatic rings. The number of nitrogens with one attached hydrogen (secondary N) is 2. The number of carbonyl (C=O) groups is 1. The standard InChI is InChI=1S/C18H27N3O6S2/c1-14(22)20-15-2-4-16(5-3-15)29(25,26)18-13-28(23,24)12-17(18)19-6-7-21-8-10-27-11-9-21/h2-5,17-19H,6-13H2,1H3,(H,20,22)/t17-,18-/m0/s1. The summed E-state index contributed by atoms with van der Waals surface area (Å²) >= 11 is 0. The van der Waals surface area contributed by atoms with E-state index in [9.17, 15) is 21.6 Å². The van der Waals surface area contributed by atoms with Crippen LogP contribution in [0.15, 0.2) is 29.2 Å². The van der Waals surface area contributed by atoms with Crippen LogP contribution in [0.1, 0.15) is 6.92 Å². The van der Waals surface area contributed by atoms with Gasteiger partial charge in [-0.3, -0.25) is 9.69 Å². The van der Waals surface area contributed by atoms with E-state index in [2.05, 4.69) is 15.5 Å². The molecule has 0 radical (unpaired) electrons. The van der Waals surface area contributed by atoms with Crippen molar-refractivity contribution in [3.05, 3.63) is 24.3 Å². The van der Waals surface area contributed by atoms with E-state index in [1.54, 1.807) is 0 Å². The molecule has 2 saturated heterocycles. The summed E-state index contributed by atoms with van der Waals surface area (Å²) in [4.78, 5) is 13.4. The molecule has 2 fully saturated rings. The van der Waals surface area contributed by atoms with Crippen molar-refractivity contribution in [3.8, 4) is 0 Å². The minimum absolute atomic E-state index is 0.0497. The molecule has 9 nitrogen and oxygen atoms in total. The van der Waals surface area contributed by atoms with Gasteiger partial charge in [0.05, 0.1) is 34.9 Å². The van der Waals surface area contributed by atoms with E-state index in [1.165, 1.54) is 31.2 Å². The van der Waals surface area contributed by atoms with Gasteiger partial charge >= 0.3 is 0 Å². The maximum Gasteiger partial charge on any atom is 0.221 e. The predicted molar refractivity (Wildman–Crippen MR) is 109 cm³/mol. The Bertz CT molecular complexity index is 925. The normalized spacial score (nSPS) is 25.0. The number of hydrogen-bond acceptors (Lipinski definition) is 8. The van der Waals surface area contributed by atoms with E-state index in [4.69, 9.17) is 4.74 Å². The number of benzene rings is 1. The van der Waals surface area contributed by atoms with Gasteiger partial charge in [0.25, 0.3) is 0 Å². The Balaban J connectivity index is 1.70. The lowest BCUT2D eigenvalue weighted by molar-refractivity contribution is -0.114. The molecule has 1 aromatic carbocycles. The summed E-state index contributed by atoms with van der Waals surface area (Å²) in [5.41, 5.74) is 0.482. The molecule has 1 amide bonds. The van der Waals surface area contributed by atoms with Crippen molar-refractivity contribution in [2.24, 2.45) is 0 Å². The summed E-state index contributed by atoms with van der Waals surface area (Å²) in [5.74, 6) is -0.839. The van der Waals surface area contributed by atoms with Crippen LogP contribution < -0.4 is 10.6 Å². The fourth-order valence-electron chi connectivity index (χ4n) is 3.65. The Hall–Kier alpha value is -1.53. The molecule has 2 N–H and O–H groups in total. The van der Waals surface area contributed by atoms with E-state index in [-0.39, 0.29) is 16.6 Å². The Kier molecular flexibility index (Phi) is 6.94. The highest BCUT2D eigenvalue weighted by atomic mass is 32.2. The first kappa shape index (κ1) is 22.2.